The second kappa shape index (κ2) is 8.60. The number of aryl methyl sites for hydroxylation is 1. The van der Waals surface area contributed by atoms with Crippen LogP contribution < -0.4 is 14.4 Å². The van der Waals surface area contributed by atoms with E-state index in [2.05, 4.69) is 15.0 Å². The van der Waals surface area contributed by atoms with Crippen LogP contribution in [0.3, 0.4) is 0 Å². The van der Waals surface area contributed by atoms with Crippen LogP contribution in [0.15, 0.2) is 66.4 Å². The van der Waals surface area contributed by atoms with Crippen LogP contribution in [0, 0.1) is 6.92 Å². The summed E-state index contributed by atoms with van der Waals surface area (Å²) in [6.45, 7) is 1.92. The van der Waals surface area contributed by atoms with Crippen LogP contribution in [0.5, 0.6) is 11.5 Å². The summed E-state index contributed by atoms with van der Waals surface area (Å²) >= 11 is 0. The number of pyridine rings is 1. The number of benzene rings is 2. The summed E-state index contributed by atoms with van der Waals surface area (Å²) < 4.78 is 10.7. The Morgan fingerprint density at radius 2 is 1.74 bits per heavy atom. The van der Waals surface area contributed by atoms with E-state index in [0.717, 1.165) is 5.56 Å². The number of aliphatic hydroxyl groups excluding tert-OH is 1. The molecule has 0 spiro atoms. The Morgan fingerprint density at radius 1 is 1.03 bits per heavy atom. The van der Waals surface area contributed by atoms with E-state index in [1.165, 1.54) is 19.1 Å². The van der Waals surface area contributed by atoms with Gasteiger partial charge >= 0.3 is 5.91 Å². The fraction of sp³-hybridized carbons (Fsp3) is 0.154. The molecule has 0 radical (unpaired) electrons. The van der Waals surface area contributed by atoms with Gasteiger partial charge in [-0.2, -0.15) is 0 Å². The number of hydrogen-bond acceptors (Lipinski definition) is 7. The summed E-state index contributed by atoms with van der Waals surface area (Å²) in [7, 11) is 3.04. The van der Waals surface area contributed by atoms with Crippen LogP contribution in [0.4, 0.5) is 5.95 Å². The Morgan fingerprint density at radius 3 is 2.40 bits per heavy atom. The molecule has 1 aliphatic rings. The number of carbonyl (C=O) groups is 2. The topological polar surface area (TPSA) is 118 Å². The molecule has 9 nitrogen and oxygen atoms in total. The van der Waals surface area contributed by atoms with Crippen LogP contribution >= 0.6 is 0 Å². The summed E-state index contributed by atoms with van der Waals surface area (Å²) in [5, 5.41) is 11.2. The lowest BCUT2D eigenvalue weighted by Crippen LogP contribution is -2.30. The number of ether oxygens (including phenoxy) is 2. The molecule has 1 saturated heterocycles. The second-order valence-corrected chi connectivity index (χ2v) is 8.07. The molecule has 0 bridgehead atoms. The highest BCUT2D eigenvalue weighted by molar-refractivity contribution is 6.51. The molecule has 2 aromatic carbocycles. The number of aromatic amines is 1. The molecule has 5 rings (SSSR count). The predicted molar refractivity (Wildman–Crippen MR) is 129 cm³/mol. The van der Waals surface area contributed by atoms with Gasteiger partial charge in [-0.15, -0.1) is 0 Å². The van der Waals surface area contributed by atoms with Crippen molar-refractivity contribution in [1.29, 1.82) is 0 Å². The van der Waals surface area contributed by atoms with Gasteiger partial charge in [0.15, 0.2) is 11.5 Å². The minimum atomic E-state index is -0.984. The molecule has 176 valence electrons. The number of anilines is 1. The number of imidazole rings is 1. The third-order valence-electron chi connectivity index (χ3n) is 5.94. The third-order valence-corrected chi connectivity index (χ3v) is 5.94. The summed E-state index contributed by atoms with van der Waals surface area (Å²) in [5.74, 6) is -0.836. The monoisotopic (exact) mass is 470 g/mol. The zero-order valence-electron chi connectivity index (χ0n) is 19.3. The van der Waals surface area contributed by atoms with Gasteiger partial charge in [0, 0.05) is 23.9 Å². The number of amides is 1. The first kappa shape index (κ1) is 22.1. The molecule has 0 saturated carbocycles. The summed E-state index contributed by atoms with van der Waals surface area (Å²) in [6, 6.07) is 14.6. The van der Waals surface area contributed by atoms with E-state index in [1.54, 1.807) is 48.7 Å². The van der Waals surface area contributed by atoms with E-state index in [4.69, 9.17) is 9.47 Å². The molecule has 3 heterocycles. The highest BCUT2D eigenvalue weighted by Crippen LogP contribution is 2.41. The van der Waals surface area contributed by atoms with Crippen LogP contribution in [-0.2, 0) is 9.59 Å². The molecule has 2 N–H and O–H groups in total. The standard InChI is InChI=1S/C26H22N4O5/c1-14-7-9-15(10-8-14)23(31)21-22(16-6-4-5-11-27-16)30(25(33)24(21)32)26-28-17-12-19(34-2)20(35-3)13-18(17)29-26/h4-13,22,31H,1-3H3,(H,28,29)/b23-21+. The van der Waals surface area contributed by atoms with Crippen molar-refractivity contribution in [2.45, 2.75) is 13.0 Å². The lowest BCUT2D eigenvalue weighted by molar-refractivity contribution is -0.132. The maximum Gasteiger partial charge on any atom is 0.302 e. The van der Waals surface area contributed by atoms with Gasteiger partial charge in [-0.3, -0.25) is 19.5 Å². The zero-order chi connectivity index (χ0) is 24.7. The van der Waals surface area contributed by atoms with Crippen molar-refractivity contribution < 1.29 is 24.2 Å². The molecule has 1 aliphatic heterocycles. The normalized spacial score (nSPS) is 17.2. The van der Waals surface area contributed by atoms with E-state index in [1.807, 2.05) is 19.1 Å². The zero-order valence-corrected chi connectivity index (χ0v) is 19.3. The Balaban J connectivity index is 1.71. The van der Waals surface area contributed by atoms with Gasteiger partial charge in [0.05, 0.1) is 36.5 Å². The van der Waals surface area contributed by atoms with Crippen molar-refractivity contribution in [3.05, 3.63) is 83.2 Å². The Bertz CT molecular complexity index is 1430. The fourth-order valence-electron chi connectivity index (χ4n) is 4.17. The van der Waals surface area contributed by atoms with Crippen molar-refractivity contribution >= 4 is 34.4 Å². The van der Waals surface area contributed by atoms with Gasteiger partial charge < -0.3 is 19.6 Å². The number of fused-ring (bicyclic) bond motifs is 1. The third kappa shape index (κ3) is 3.67. The molecule has 1 fully saturated rings. The molecular weight excluding hydrogens is 448 g/mol. The van der Waals surface area contributed by atoms with E-state index >= 15 is 0 Å². The number of carbonyl (C=O) groups excluding carboxylic acids is 2. The van der Waals surface area contributed by atoms with Gasteiger partial charge in [0.1, 0.15) is 11.8 Å². The molecule has 9 heteroatoms. The van der Waals surface area contributed by atoms with Crippen molar-refractivity contribution in [2.75, 3.05) is 19.1 Å². The van der Waals surface area contributed by atoms with Crippen molar-refractivity contribution in [3.63, 3.8) is 0 Å². The molecule has 1 atom stereocenters. The van der Waals surface area contributed by atoms with Gasteiger partial charge in [-0.05, 0) is 19.1 Å². The van der Waals surface area contributed by atoms with Crippen molar-refractivity contribution in [1.82, 2.24) is 15.0 Å². The number of ketones is 1. The first-order valence-corrected chi connectivity index (χ1v) is 10.8. The molecule has 2 aromatic heterocycles. The van der Waals surface area contributed by atoms with Crippen LogP contribution in [0.1, 0.15) is 22.9 Å². The number of methoxy groups -OCH3 is 2. The van der Waals surface area contributed by atoms with Crippen molar-refractivity contribution in [2.24, 2.45) is 0 Å². The van der Waals surface area contributed by atoms with Crippen LogP contribution in [0.25, 0.3) is 16.8 Å². The summed E-state index contributed by atoms with van der Waals surface area (Å²) in [4.78, 5) is 39.8. The minimum absolute atomic E-state index is 0.0619. The van der Waals surface area contributed by atoms with Gasteiger partial charge in [0.2, 0.25) is 5.95 Å². The number of nitrogens with zero attached hydrogens (tertiary/aromatic N) is 3. The highest BCUT2D eigenvalue weighted by atomic mass is 16.5. The Hall–Kier alpha value is -4.66. The molecule has 1 unspecified atom stereocenters. The Labute approximate surface area is 200 Å². The average Bonchev–Trinajstić information content (AvgIpc) is 3.41. The molecule has 35 heavy (non-hydrogen) atoms. The van der Waals surface area contributed by atoms with E-state index < -0.39 is 17.7 Å². The number of Topliss-reactive ketones (excluding diaryl/α,β-unsaturated/α-hetero) is 1. The largest absolute Gasteiger partial charge is 0.507 e. The highest BCUT2D eigenvalue weighted by Gasteiger charge is 2.48. The molecular formula is C26H22N4O5. The minimum Gasteiger partial charge on any atom is -0.507 e. The van der Waals surface area contributed by atoms with Crippen LogP contribution in [0.2, 0.25) is 0 Å². The van der Waals surface area contributed by atoms with E-state index in [-0.39, 0.29) is 17.3 Å². The Kier molecular flexibility index (Phi) is 5.44. The number of nitrogens with one attached hydrogen (secondary N) is 1. The van der Waals surface area contributed by atoms with Crippen molar-refractivity contribution in [3.8, 4) is 11.5 Å². The predicted octanol–water partition coefficient (Wildman–Crippen LogP) is 3.91. The second-order valence-electron chi connectivity index (χ2n) is 8.07. The summed E-state index contributed by atoms with van der Waals surface area (Å²) in [5.41, 5.74) is 2.87. The van der Waals surface area contributed by atoms with Gasteiger partial charge in [-0.25, -0.2) is 4.98 Å². The van der Waals surface area contributed by atoms with E-state index in [0.29, 0.717) is 33.8 Å². The van der Waals surface area contributed by atoms with Crippen LogP contribution in [-0.4, -0.2) is 46.0 Å². The van der Waals surface area contributed by atoms with Gasteiger partial charge in [-0.1, -0.05) is 35.9 Å². The van der Waals surface area contributed by atoms with E-state index in [9.17, 15) is 14.7 Å². The molecule has 0 aliphatic carbocycles. The maximum atomic E-state index is 13.3. The maximum absolute atomic E-state index is 13.3. The SMILES string of the molecule is COc1cc2nc(N3C(=O)C(=O)/C(=C(/O)c4ccc(C)cc4)C3c3ccccn3)[nH]c2cc1OC. The number of rotatable bonds is 5. The smallest absolute Gasteiger partial charge is 0.302 e. The summed E-state index contributed by atoms with van der Waals surface area (Å²) in [6.07, 6.45) is 1.57. The lowest BCUT2D eigenvalue weighted by Gasteiger charge is -2.22. The molecule has 4 aromatic rings. The lowest BCUT2D eigenvalue weighted by atomic mass is 9.98. The number of H-pyrrole nitrogens is 1. The van der Waals surface area contributed by atoms with Gasteiger partial charge in [0.25, 0.3) is 5.78 Å². The number of hydrogen-bond donors (Lipinski definition) is 2. The number of aliphatic hydroxyl groups is 1. The average molecular weight is 470 g/mol. The first-order chi connectivity index (χ1) is 16.9. The quantitative estimate of drug-likeness (QED) is 0.258. The first-order valence-electron chi connectivity index (χ1n) is 10.8. The fourth-order valence-corrected chi connectivity index (χ4v) is 4.17. The number of aromatic nitrogens is 3. The molecule has 1 amide bonds.